The van der Waals surface area contributed by atoms with Crippen LogP contribution in [0.15, 0.2) is 47.1 Å². The van der Waals surface area contributed by atoms with Crippen molar-refractivity contribution in [1.82, 2.24) is 23.8 Å². The molecule has 5 aromatic rings. The van der Waals surface area contributed by atoms with Gasteiger partial charge >= 0.3 is 0 Å². The molecular formula is C29H26F2N6O3S. The maximum absolute atomic E-state index is 14.3. The zero-order valence-electron chi connectivity index (χ0n) is 22.8. The molecular weight excluding hydrogens is 550 g/mol. The molecule has 2 amide bonds. The fraction of sp³-hybridized carbons (Fsp3) is 0.276. The highest BCUT2D eigenvalue weighted by molar-refractivity contribution is 7.09. The third-order valence-electron chi connectivity index (χ3n) is 7.29. The average molecular weight is 577 g/mol. The third kappa shape index (κ3) is 4.57. The van der Waals surface area contributed by atoms with Crippen molar-refractivity contribution in [3.8, 4) is 21.7 Å². The van der Waals surface area contributed by atoms with Gasteiger partial charge in [0.15, 0.2) is 11.6 Å². The number of hydrogen-bond acceptors (Lipinski definition) is 7. The van der Waals surface area contributed by atoms with E-state index in [1.807, 2.05) is 36.6 Å². The second-order valence-electron chi connectivity index (χ2n) is 10.2. The minimum atomic E-state index is -1.03. The van der Waals surface area contributed by atoms with Gasteiger partial charge in [0.1, 0.15) is 17.1 Å². The first kappa shape index (κ1) is 26.8. The molecule has 41 heavy (non-hydrogen) atoms. The molecule has 6 rings (SSSR count). The van der Waals surface area contributed by atoms with Gasteiger partial charge in [-0.3, -0.25) is 14.0 Å². The van der Waals surface area contributed by atoms with E-state index in [2.05, 4.69) is 9.53 Å². The van der Waals surface area contributed by atoms with Gasteiger partial charge in [0, 0.05) is 44.0 Å². The monoisotopic (exact) mass is 576 g/mol. The van der Waals surface area contributed by atoms with E-state index in [0.29, 0.717) is 46.2 Å². The molecule has 1 aliphatic heterocycles. The summed E-state index contributed by atoms with van der Waals surface area (Å²) in [5, 5.41) is 4.07. The van der Waals surface area contributed by atoms with Crippen LogP contribution in [0.5, 0.6) is 0 Å². The largest absolute Gasteiger partial charge is 0.361 e. The SMILES string of the molecule is Cc1noc(C)c1-c1ccn2c(-c3cc(C(=O)N(C)C)ns3)c([C@@H]3CCCC(=O)N3c3ccc(F)c(F)c3)nc2c1. The predicted octanol–water partition coefficient (Wildman–Crippen LogP) is 5.97. The number of imidazole rings is 1. The van der Waals surface area contributed by atoms with E-state index in [1.165, 1.54) is 15.9 Å². The number of carbonyl (C=O) groups excluding carboxylic acids is 2. The van der Waals surface area contributed by atoms with Crippen molar-refractivity contribution < 1.29 is 22.9 Å². The maximum atomic E-state index is 14.3. The Kier molecular flexibility index (Phi) is 6.65. The first-order chi connectivity index (χ1) is 19.6. The molecule has 0 bridgehead atoms. The third-order valence-corrected chi connectivity index (χ3v) is 8.09. The van der Waals surface area contributed by atoms with E-state index >= 15 is 0 Å². The van der Waals surface area contributed by atoms with Crippen LogP contribution in [0.25, 0.3) is 27.3 Å². The summed E-state index contributed by atoms with van der Waals surface area (Å²) in [5.74, 6) is -1.79. The summed E-state index contributed by atoms with van der Waals surface area (Å²) in [6, 6.07) is 8.46. The number of benzene rings is 1. The highest BCUT2D eigenvalue weighted by Crippen LogP contribution is 2.42. The molecule has 0 unspecified atom stereocenters. The second-order valence-corrected chi connectivity index (χ2v) is 11.0. The molecule has 9 nitrogen and oxygen atoms in total. The number of halogens is 2. The van der Waals surface area contributed by atoms with Gasteiger partial charge in [-0.2, -0.15) is 4.37 Å². The summed E-state index contributed by atoms with van der Waals surface area (Å²) in [7, 11) is 3.31. The van der Waals surface area contributed by atoms with Gasteiger partial charge in [0.25, 0.3) is 5.91 Å². The summed E-state index contributed by atoms with van der Waals surface area (Å²) >= 11 is 1.16. The number of pyridine rings is 1. The molecule has 0 spiro atoms. The number of aromatic nitrogens is 4. The van der Waals surface area contributed by atoms with Gasteiger partial charge in [-0.25, -0.2) is 13.8 Å². The summed E-state index contributed by atoms with van der Waals surface area (Å²) in [6.45, 7) is 3.71. The molecule has 12 heteroatoms. The Morgan fingerprint density at radius 2 is 1.93 bits per heavy atom. The zero-order valence-corrected chi connectivity index (χ0v) is 23.6. The van der Waals surface area contributed by atoms with Crippen molar-refractivity contribution in [2.75, 3.05) is 19.0 Å². The van der Waals surface area contributed by atoms with Crippen molar-refractivity contribution in [1.29, 1.82) is 0 Å². The Labute approximate surface area is 238 Å². The number of rotatable bonds is 5. The van der Waals surface area contributed by atoms with Crippen LogP contribution in [0.2, 0.25) is 0 Å². The Bertz CT molecular complexity index is 1800. The smallest absolute Gasteiger partial charge is 0.273 e. The summed E-state index contributed by atoms with van der Waals surface area (Å²) in [6.07, 6.45) is 3.31. The zero-order chi connectivity index (χ0) is 29.0. The highest BCUT2D eigenvalue weighted by Gasteiger charge is 2.36. The Morgan fingerprint density at radius 1 is 1.12 bits per heavy atom. The van der Waals surface area contributed by atoms with Crippen molar-refractivity contribution in [3.63, 3.8) is 0 Å². The molecule has 210 valence electrons. The lowest BCUT2D eigenvalue weighted by atomic mass is 9.96. The lowest BCUT2D eigenvalue weighted by Gasteiger charge is -2.35. The van der Waals surface area contributed by atoms with Crippen molar-refractivity contribution >= 4 is 34.7 Å². The minimum Gasteiger partial charge on any atom is -0.361 e. The van der Waals surface area contributed by atoms with E-state index in [0.717, 1.165) is 40.5 Å². The highest BCUT2D eigenvalue weighted by atomic mass is 32.1. The second kappa shape index (κ2) is 10.2. The summed E-state index contributed by atoms with van der Waals surface area (Å²) < 4.78 is 39.8. The van der Waals surface area contributed by atoms with E-state index in [9.17, 15) is 18.4 Å². The Morgan fingerprint density at radius 3 is 2.63 bits per heavy atom. The molecule has 4 aromatic heterocycles. The molecule has 0 saturated carbocycles. The topological polar surface area (TPSA) is 96.8 Å². The molecule has 1 aliphatic rings. The predicted molar refractivity (Wildman–Crippen MR) is 150 cm³/mol. The average Bonchev–Trinajstić information content (AvgIpc) is 3.66. The molecule has 1 atom stereocenters. The van der Waals surface area contributed by atoms with E-state index in [4.69, 9.17) is 9.51 Å². The van der Waals surface area contributed by atoms with E-state index in [-0.39, 0.29) is 23.9 Å². The molecule has 0 radical (unpaired) electrons. The Hall–Kier alpha value is -4.45. The van der Waals surface area contributed by atoms with Crippen LogP contribution in [0.3, 0.4) is 0 Å². The lowest BCUT2D eigenvalue weighted by Crippen LogP contribution is -2.38. The van der Waals surface area contributed by atoms with Gasteiger partial charge < -0.3 is 14.3 Å². The Balaban J connectivity index is 1.56. The van der Waals surface area contributed by atoms with Crippen LogP contribution in [0.1, 0.15) is 52.9 Å². The van der Waals surface area contributed by atoms with Crippen LogP contribution in [0.4, 0.5) is 14.5 Å². The molecule has 5 heterocycles. The standard InChI is InChI=1S/C29H26F2N6O3S/c1-15-26(16(2)40-33-15)17-10-11-36-24(12-17)32-27(28(36)23-14-21(34-41-23)29(39)35(3)4)22-6-5-7-25(38)37(22)18-8-9-19(30)20(31)13-18/h8-14,22H,5-7H2,1-4H3/t22-/m0/s1. The lowest BCUT2D eigenvalue weighted by molar-refractivity contribution is -0.120. The first-order valence-corrected chi connectivity index (χ1v) is 13.8. The molecule has 0 N–H and O–H groups in total. The summed E-state index contributed by atoms with van der Waals surface area (Å²) in [5.41, 5.74) is 4.87. The number of nitrogens with zero attached hydrogens (tertiary/aromatic N) is 6. The number of piperidine rings is 1. The number of fused-ring (bicyclic) bond motifs is 1. The van der Waals surface area contributed by atoms with Crippen LogP contribution in [-0.2, 0) is 4.79 Å². The van der Waals surface area contributed by atoms with Crippen molar-refractivity contribution in [2.45, 2.75) is 39.2 Å². The summed E-state index contributed by atoms with van der Waals surface area (Å²) in [4.78, 5) is 34.6. The van der Waals surface area contributed by atoms with E-state index < -0.39 is 17.7 Å². The number of anilines is 1. The van der Waals surface area contributed by atoms with Gasteiger partial charge in [0.2, 0.25) is 5.91 Å². The van der Waals surface area contributed by atoms with E-state index in [1.54, 1.807) is 20.2 Å². The number of aryl methyl sites for hydroxylation is 2. The fourth-order valence-electron chi connectivity index (χ4n) is 5.40. The van der Waals surface area contributed by atoms with Crippen LogP contribution in [-0.4, -0.2) is 49.7 Å². The van der Waals surface area contributed by atoms with Crippen LogP contribution in [0, 0.1) is 25.5 Å². The first-order valence-electron chi connectivity index (χ1n) is 13.0. The quantitative estimate of drug-likeness (QED) is 0.256. The van der Waals surface area contributed by atoms with Gasteiger partial charge in [-0.05, 0) is 74.1 Å². The molecule has 1 saturated heterocycles. The van der Waals surface area contributed by atoms with Crippen LogP contribution < -0.4 is 4.90 Å². The number of hydrogen-bond donors (Lipinski definition) is 0. The normalized spacial score (nSPS) is 15.6. The maximum Gasteiger partial charge on any atom is 0.273 e. The van der Waals surface area contributed by atoms with Crippen LogP contribution >= 0.6 is 11.5 Å². The van der Waals surface area contributed by atoms with Gasteiger partial charge in [-0.1, -0.05) is 5.16 Å². The fourth-order valence-corrected chi connectivity index (χ4v) is 6.18. The number of carbonyl (C=O) groups is 2. The molecule has 1 aromatic carbocycles. The van der Waals surface area contributed by atoms with Gasteiger partial charge in [-0.15, -0.1) is 0 Å². The number of amides is 2. The van der Waals surface area contributed by atoms with Crippen molar-refractivity contribution in [3.05, 3.63) is 77.1 Å². The molecule has 1 fully saturated rings. The molecule has 0 aliphatic carbocycles. The van der Waals surface area contributed by atoms with Gasteiger partial charge in [0.05, 0.1) is 28.0 Å². The van der Waals surface area contributed by atoms with Crippen molar-refractivity contribution in [2.24, 2.45) is 0 Å². The minimum absolute atomic E-state index is 0.209.